The third-order valence-electron chi connectivity index (χ3n) is 6.14. The van der Waals surface area contributed by atoms with E-state index in [0.29, 0.717) is 46.9 Å². The van der Waals surface area contributed by atoms with Crippen molar-refractivity contribution in [3.63, 3.8) is 0 Å². The molecule has 2 aromatic carbocycles. The Morgan fingerprint density at radius 3 is 2.33 bits per heavy atom. The first kappa shape index (κ1) is 24.7. The molecule has 0 radical (unpaired) electrons. The number of piperidine rings is 1. The summed E-state index contributed by atoms with van der Waals surface area (Å²) in [6, 6.07) is 9.77. The molecule has 1 heterocycles. The number of nitrogens with one attached hydrogen (secondary N) is 1. The Kier molecular flexibility index (Phi) is 8.41. The summed E-state index contributed by atoms with van der Waals surface area (Å²) in [5, 5.41) is 3.15. The van der Waals surface area contributed by atoms with E-state index < -0.39 is 0 Å². The van der Waals surface area contributed by atoms with E-state index in [1.54, 1.807) is 6.07 Å². The van der Waals surface area contributed by atoms with Crippen molar-refractivity contribution in [3.05, 3.63) is 41.5 Å². The van der Waals surface area contributed by atoms with Gasteiger partial charge in [0, 0.05) is 24.7 Å². The Labute approximate surface area is 195 Å². The number of carbonyl (C=O) groups is 1. The summed E-state index contributed by atoms with van der Waals surface area (Å²) in [7, 11) is 6.63. The second kappa shape index (κ2) is 11.2. The molecule has 0 unspecified atom stereocenters. The molecule has 8 nitrogen and oxygen atoms in total. The van der Waals surface area contributed by atoms with Gasteiger partial charge in [-0.1, -0.05) is 12.1 Å². The number of methoxy groups -OCH3 is 3. The van der Waals surface area contributed by atoms with Crippen molar-refractivity contribution in [3.8, 4) is 28.7 Å². The molecule has 1 saturated heterocycles. The third-order valence-corrected chi connectivity index (χ3v) is 6.14. The van der Waals surface area contributed by atoms with Crippen LogP contribution in [0.3, 0.4) is 0 Å². The maximum atomic E-state index is 13.3. The third kappa shape index (κ3) is 5.69. The molecule has 2 aromatic rings. The van der Waals surface area contributed by atoms with Gasteiger partial charge in [0.15, 0.2) is 11.5 Å². The average Bonchev–Trinajstić information content (AvgIpc) is 2.81. The van der Waals surface area contributed by atoms with Crippen LogP contribution in [-0.4, -0.2) is 64.4 Å². The van der Waals surface area contributed by atoms with Crippen LogP contribution in [0, 0.1) is 0 Å². The maximum Gasteiger partial charge on any atom is 0.255 e. The fraction of sp³-hybridized carbons (Fsp3) is 0.480. The second-order valence-electron chi connectivity index (χ2n) is 8.33. The topological polar surface area (TPSA) is 95.3 Å². The standard InChI is InChI=1S/C25H35N3O5/c1-16-14-18(11-13-28(16)2)27-25(29)20-15-21(23(31-4)24(32-5)22(20)30-3)33-19-8-6-17(7-9-19)10-12-26/h6-9,15-16,18H,10-14,26H2,1-5H3,(H,27,29)/t16-,18+/m1/s1. The van der Waals surface area contributed by atoms with E-state index in [1.165, 1.54) is 21.3 Å². The van der Waals surface area contributed by atoms with Gasteiger partial charge in [-0.2, -0.15) is 0 Å². The highest BCUT2D eigenvalue weighted by atomic mass is 16.5. The van der Waals surface area contributed by atoms with Crippen LogP contribution in [-0.2, 0) is 6.42 Å². The maximum absolute atomic E-state index is 13.3. The Morgan fingerprint density at radius 2 is 1.76 bits per heavy atom. The van der Waals surface area contributed by atoms with Crippen molar-refractivity contribution in [2.45, 2.75) is 38.3 Å². The molecule has 0 saturated carbocycles. The van der Waals surface area contributed by atoms with Gasteiger partial charge in [0.2, 0.25) is 11.5 Å². The van der Waals surface area contributed by atoms with Gasteiger partial charge in [0.25, 0.3) is 5.91 Å². The van der Waals surface area contributed by atoms with Crippen LogP contribution in [0.15, 0.2) is 30.3 Å². The van der Waals surface area contributed by atoms with E-state index >= 15 is 0 Å². The van der Waals surface area contributed by atoms with Gasteiger partial charge in [0.05, 0.1) is 26.9 Å². The highest BCUT2D eigenvalue weighted by molar-refractivity contribution is 5.99. The van der Waals surface area contributed by atoms with E-state index in [9.17, 15) is 4.79 Å². The largest absolute Gasteiger partial charge is 0.492 e. The van der Waals surface area contributed by atoms with Crippen molar-refractivity contribution in [2.75, 3.05) is 41.5 Å². The van der Waals surface area contributed by atoms with Crippen LogP contribution >= 0.6 is 0 Å². The summed E-state index contributed by atoms with van der Waals surface area (Å²) in [6.07, 6.45) is 2.57. The van der Waals surface area contributed by atoms with Crippen LogP contribution < -0.4 is 30.0 Å². The number of nitrogens with zero attached hydrogens (tertiary/aromatic N) is 1. The molecule has 3 N–H and O–H groups in total. The summed E-state index contributed by atoms with van der Waals surface area (Å²) in [4.78, 5) is 15.6. The molecule has 1 aliphatic heterocycles. The number of nitrogens with two attached hydrogens (primary N) is 1. The number of benzene rings is 2. The average molecular weight is 458 g/mol. The molecule has 1 aliphatic rings. The molecular weight excluding hydrogens is 422 g/mol. The molecule has 33 heavy (non-hydrogen) atoms. The van der Waals surface area contributed by atoms with Gasteiger partial charge >= 0.3 is 0 Å². The Morgan fingerprint density at radius 1 is 1.09 bits per heavy atom. The van der Waals surface area contributed by atoms with Crippen LogP contribution in [0.2, 0.25) is 0 Å². The molecule has 3 rings (SSSR count). The summed E-state index contributed by atoms with van der Waals surface area (Å²) >= 11 is 0. The Balaban J connectivity index is 1.93. The summed E-state index contributed by atoms with van der Waals surface area (Å²) < 4.78 is 22.8. The zero-order chi connectivity index (χ0) is 24.0. The van der Waals surface area contributed by atoms with Crippen molar-refractivity contribution in [2.24, 2.45) is 5.73 Å². The van der Waals surface area contributed by atoms with Gasteiger partial charge in [0.1, 0.15) is 5.75 Å². The molecule has 0 aromatic heterocycles. The lowest BCUT2D eigenvalue weighted by Gasteiger charge is -2.35. The lowest BCUT2D eigenvalue weighted by Crippen LogP contribution is -2.47. The molecule has 180 valence electrons. The number of ether oxygens (including phenoxy) is 4. The van der Waals surface area contributed by atoms with E-state index in [2.05, 4.69) is 24.2 Å². The summed E-state index contributed by atoms with van der Waals surface area (Å²) in [5.41, 5.74) is 7.08. The number of likely N-dealkylation sites (tertiary alicyclic amines) is 1. The first-order valence-corrected chi connectivity index (χ1v) is 11.2. The lowest BCUT2D eigenvalue weighted by atomic mass is 9.98. The quantitative estimate of drug-likeness (QED) is 0.597. The predicted molar refractivity (Wildman–Crippen MR) is 128 cm³/mol. The van der Waals surface area contributed by atoms with Crippen molar-refractivity contribution < 1.29 is 23.7 Å². The van der Waals surface area contributed by atoms with Crippen molar-refractivity contribution in [1.82, 2.24) is 10.2 Å². The highest BCUT2D eigenvalue weighted by Crippen LogP contribution is 2.48. The number of rotatable bonds is 9. The van der Waals surface area contributed by atoms with E-state index in [1.807, 2.05) is 24.3 Å². The fourth-order valence-corrected chi connectivity index (χ4v) is 4.13. The van der Waals surface area contributed by atoms with Gasteiger partial charge in [-0.15, -0.1) is 0 Å². The molecule has 0 bridgehead atoms. The zero-order valence-electron chi connectivity index (χ0n) is 20.1. The van der Waals surface area contributed by atoms with Crippen LogP contribution in [0.4, 0.5) is 0 Å². The van der Waals surface area contributed by atoms with Gasteiger partial charge in [-0.05, 0) is 57.5 Å². The first-order chi connectivity index (χ1) is 15.9. The SMILES string of the molecule is COc1c(Oc2ccc(CCN)cc2)cc(C(=O)N[C@H]2CCN(C)[C@H](C)C2)c(OC)c1OC. The Bertz CT molecular complexity index is 948. The molecular formula is C25H35N3O5. The first-order valence-electron chi connectivity index (χ1n) is 11.2. The van der Waals surface area contributed by atoms with Gasteiger partial charge in [-0.25, -0.2) is 0 Å². The van der Waals surface area contributed by atoms with Crippen LogP contribution in [0.1, 0.15) is 35.7 Å². The molecule has 1 fully saturated rings. The van der Waals surface area contributed by atoms with Crippen molar-refractivity contribution in [1.29, 1.82) is 0 Å². The van der Waals surface area contributed by atoms with E-state index in [-0.39, 0.29) is 11.9 Å². The molecule has 1 amide bonds. The minimum atomic E-state index is -0.238. The van der Waals surface area contributed by atoms with E-state index in [4.69, 9.17) is 24.7 Å². The lowest BCUT2D eigenvalue weighted by molar-refractivity contribution is 0.0892. The number of hydrogen-bond donors (Lipinski definition) is 2. The minimum Gasteiger partial charge on any atom is -0.492 e. The fourth-order valence-electron chi connectivity index (χ4n) is 4.13. The second-order valence-corrected chi connectivity index (χ2v) is 8.33. The normalized spacial score (nSPS) is 18.5. The van der Waals surface area contributed by atoms with Crippen LogP contribution in [0.25, 0.3) is 0 Å². The number of hydrogen-bond acceptors (Lipinski definition) is 7. The summed E-state index contributed by atoms with van der Waals surface area (Å²) in [6.45, 7) is 3.68. The molecule has 0 spiro atoms. The van der Waals surface area contributed by atoms with Gasteiger partial charge < -0.3 is 34.9 Å². The molecule has 8 heteroatoms. The van der Waals surface area contributed by atoms with Crippen molar-refractivity contribution >= 4 is 5.91 Å². The van der Waals surface area contributed by atoms with E-state index in [0.717, 1.165) is 31.4 Å². The number of carbonyl (C=O) groups excluding carboxylic acids is 1. The van der Waals surface area contributed by atoms with Crippen LogP contribution in [0.5, 0.6) is 28.7 Å². The van der Waals surface area contributed by atoms with Gasteiger partial charge in [-0.3, -0.25) is 4.79 Å². The minimum absolute atomic E-state index is 0.0842. The number of amides is 1. The smallest absolute Gasteiger partial charge is 0.255 e. The predicted octanol–water partition coefficient (Wildman–Crippen LogP) is 3.22. The molecule has 2 atom stereocenters. The molecule has 0 aliphatic carbocycles. The summed E-state index contributed by atoms with van der Waals surface area (Å²) in [5.74, 6) is 1.69. The zero-order valence-corrected chi connectivity index (χ0v) is 20.1. The highest BCUT2D eigenvalue weighted by Gasteiger charge is 2.29. The monoisotopic (exact) mass is 457 g/mol. The Hall–Kier alpha value is -2.97.